The smallest absolute Gasteiger partial charge is 0.223 e. The number of nitrogens with zero attached hydrogens (tertiary/aromatic N) is 3. The molecule has 0 radical (unpaired) electrons. The molecule has 2 atom stereocenters. The molecule has 0 saturated carbocycles. The zero-order chi connectivity index (χ0) is 21.5. The average Bonchev–Trinajstić information content (AvgIpc) is 3.15. The second-order valence-corrected chi connectivity index (χ2v) is 8.24. The highest BCUT2D eigenvalue weighted by Gasteiger charge is 2.23. The molecule has 0 aliphatic heterocycles. The molecule has 30 heavy (non-hydrogen) atoms. The van der Waals surface area contributed by atoms with Gasteiger partial charge in [0.05, 0.1) is 18.5 Å². The molecule has 2 unspecified atom stereocenters. The van der Waals surface area contributed by atoms with Crippen LogP contribution in [0.5, 0.6) is 0 Å². The van der Waals surface area contributed by atoms with E-state index in [0.717, 1.165) is 28.9 Å². The Morgan fingerprint density at radius 2 is 1.83 bits per heavy atom. The summed E-state index contributed by atoms with van der Waals surface area (Å²) in [5.74, 6) is 1.27. The van der Waals surface area contributed by atoms with Crippen molar-refractivity contribution in [3.63, 3.8) is 0 Å². The SMILES string of the molecule is CSCCC(NC(=O)CC(NC(C)=O)c1ccc(C)cc1)c1nnc2ccccn12. The second kappa shape index (κ2) is 10.2. The van der Waals surface area contributed by atoms with Crippen LogP contribution in [0.25, 0.3) is 5.65 Å². The van der Waals surface area contributed by atoms with Gasteiger partial charge < -0.3 is 10.6 Å². The minimum atomic E-state index is -0.389. The maximum Gasteiger partial charge on any atom is 0.223 e. The number of carbonyl (C=O) groups is 2. The van der Waals surface area contributed by atoms with Gasteiger partial charge in [-0.15, -0.1) is 10.2 Å². The number of fused-ring (bicyclic) bond motifs is 1. The van der Waals surface area contributed by atoms with E-state index in [1.165, 1.54) is 6.92 Å². The molecular weight excluding hydrogens is 398 g/mol. The van der Waals surface area contributed by atoms with E-state index < -0.39 is 0 Å². The summed E-state index contributed by atoms with van der Waals surface area (Å²) in [6.45, 7) is 3.46. The first kappa shape index (κ1) is 21.8. The number of benzene rings is 1. The molecule has 0 bridgehead atoms. The Kier molecular flexibility index (Phi) is 7.46. The largest absolute Gasteiger partial charge is 0.349 e. The Hall–Kier alpha value is -2.87. The fourth-order valence-corrected chi connectivity index (χ4v) is 3.81. The standard InChI is InChI=1S/C22H27N5O2S/c1-15-7-9-17(10-8-15)19(23-16(2)28)14-21(29)24-18(11-13-30-3)22-26-25-20-6-4-5-12-27(20)22/h4-10,12,18-19H,11,13-14H2,1-3H3,(H,23,28)(H,24,29). The van der Waals surface area contributed by atoms with Crippen LogP contribution in [-0.4, -0.2) is 38.4 Å². The number of nitrogens with one attached hydrogen (secondary N) is 2. The molecule has 0 fully saturated rings. The Bertz CT molecular complexity index is 1000. The van der Waals surface area contributed by atoms with E-state index in [9.17, 15) is 9.59 Å². The maximum absolute atomic E-state index is 13.0. The normalized spacial score (nSPS) is 13.0. The lowest BCUT2D eigenvalue weighted by Gasteiger charge is -2.21. The first-order valence-electron chi connectivity index (χ1n) is 9.89. The van der Waals surface area contributed by atoms with Gasteiger partial charge >= 0.3 is 0 Å². The molecule has 3 rings (SSSR count). The molecule has 8 heteroatoms. The van der Waals surface area contributed by atoms with Crippen molar-refractivity contribution in [3.05, 3.63) is 65.6 Å². The molecule has 2 amide bonds. The summed E-state index contributed by atoms with van der Waals surface area (Å²) in [6.07, 6.45) is 4.81. The molecular formula is C22H27N5O2S. The zero-order valence-electron chi connectivity index (χ0n) is 17.5. The van der Waals surface area contributed by atoms with E-state index in [4.69, 9.17) is 0 Å². The lowest BCUT2D eigenvalue weighted by molar-refractivity contribution is -0.123. The van der Waals surface area contributed by atoms with Crippen LogP contribution in [-0.2, 0) is 9.59 Å². The lowest BCUT2D eigenvalue weighted by atomic mass is 10.0. The third-order valence-electron chi connectivity index (χ3n) is 4.84. The maximum atomic E-state index is 13.0. The summed E-state index contributed by atoms with van der Waals surface area (Å²) in [6, 6.07) is 12.9. The van der Waals surface area contributed by atoms with Gasteiger partial charge in [-0.2, -0.15) is 11.8 Å². The van der Waals surface area contributed by atoms with Crippen LogP contribution < -0.4 is 10.6 Å². The van der Waals surface area contributed by atoms with Gasteiger partial charge in [-0.1, -0.05) is 35.9 Å². The monoisotopic (exact) mass is 425 g/mol. The second-order valence-electron chi connectivity index (χ2n) is 7.26. The molecule has 2 aromatic heterocycles. The van der Waals surface area contributed by atoms with E-state index in [-0.39, 0.29) is 30.3 Å². The van der Waals surface area contributed by atoms with Crippen LogP contribution in [0.3, 0.4) is 0 Å². The number of amides is 2. The Labute approximate surface area is 180 Å². The van der Waals surface area contributed by atoms with E-state index >= 15 is 0 Å². The van der Waals surface area contributed by atoms with Crippen LogP contribution in [0.2, 0.25) is 0 Å². The van der Waals surface area contributed by atoms with Crippen LogP contribution in [0, 0.1) is 6.92 Å². The highest BCUT2D eigenvalue weighted by atomic mass is 32.2. The number of hydrogen-bond donors (Lipinski definition) is 2. The van der Waals surface area contributed by atoms with Gasteiger partial charge in [0.1, 0.15) is 0 Å². The molecule has 1 aromatic carbocycles. The number of hydrogen-bond acceptors (Lipinski definition) is 5. The zero-order valence-corrected chi connectivity index (χ0v) is 18.3. The molecule has 7 nitrogen and oxygen atoms in total. The highest BCUT2D eigenvalue weighted by molar-refractivity contribution is 7.98. The van der Waals surface area contributed by atoms with Crippen molar-refractivity contribution in [3.8, 4) is 0 Å². The quantitative estimate of drug-likeness (QED) is 0.550. The molecule has 3 aromatic rings. The summed E-state index contributed by atoms with van der Waals surface area (Å²) in [5, 5.41) is 14.5. The predicted octanol–water partition coefficient (Wildman–Crippen LogP) is 3.22. The third kappa shape index (κ3) is 5.60. The Balaban J connectivity index is 1.78. The topological polar surface area (TPSA) is 88.4 Å². The molecule has 0 spiro atoms. The van der Waals surface area contributed by atoms with Crippen molar-refractivity contribution >= 4 is 29.2 Å². The van der Waals surface area contributed by atoms with Crippen LogP contribution >= 0.6 is 11.8 Å². The third-order valence-corrected chi connectivity index (χ3v) is 5.49. The van der Waals surface area contributed by atoms with E-state index in [0.29, 0.717) is 5.82 Å². The first-order chi connectivity index (χ1) is 14.5. The van der Waals surface area contributed by atoms with Crippen molar-refractivity contribution in [2.24, 2.45) is 0 Å². The fourth-order valence-electron chi connectivity index (χ4n) is 3.33. The van der Waals surface area contributed by atoms with Gasteiger partial charge in [-0.25, -0.2) is 0 Å². The first-order valence-corrected chi connectivity index (χ1v) is 11.3. The van der Waals surface area contributed by atoms with Gasteiger partial charge in [0.25, 0.3) is 0 Å². The predicted molar refractivity (Wildman–Crippen MR) is 119 cm³/mol. The van der Waals surface area contributed by atoms with Crippen molar-refractivity contribution < 1.29 is 9.59 Å². The van der Waals surface area contributed by atoms with Crippen molar-refractivity contribution in [1.29, 1.82) is 0 Å². The summed E-state index contributed by atoms with van der Waals surface area (Å²) < 4.78 is 1.90. The summed E-state index contributed by atoms with van der Waals surface area (Å²) >= 11 is 1.71. The number of pyridine rings is 1. The lowest BCUT2D eigenvalue weighted by Crippen LogP contribution is -2.35. The van der Waals surface area contributed by atoms with Gasteiger partial charge in [-0.3, -0.25) is 14.0 Å². The molecule has 0 aliphatic rings. The number of carbonyl (C=O) groups excluding carboxylic acids is 2. The molecule has 0 saturated heterocycles. The Morgan fingerprint density at radius 3 is 2.53 bits per heavy atom. The molecule has 0 aliphatic carbocycles. The molecule has 2 N–H and O–H groups in total. The van der Waals surface area contributed by atoms with Gasteiger partial charge in [0.15, 0.2) is 11.5 Å². The van der Waals surface area contributed by atoms with Crippen molar-refractivity contribution in [2.75, 3.05) is 12.0 Å². The number of thioether (sulfide) groups is 1. The van der Waals surface area contributed by atoms with Crippen molar-refractivity contribution in [1.82, 2.24) is 25.2 Å². The summed E-state index contributed by atoms with van der Waals surface area (Å²) in [7, 11) is 0. The number of rotatable bonds is 9. The van der Waals surface area contributed by atoms with E-state index in [1.54, 1.807) is 11.8 Å². The van der Waals surface area contributed by atoms with E-state index in [2.05, 4.69) is 20.8 Å². The van der Waals surface area contributed by atoms with Crippen LogP contribution in [0.4, 0.5) is 0 Å². The highest BCUT2D eigenvalue weighted by Crippen LogP contribution is 2.21. The molecule has 158 valence electrons. The van der Waals surface area contributed by atoms with Crippen LogP contribution in [0.1, 0.15) is 48.8 Å². The Morgan fingerprint density at radius 1 is 1.07 bits per heavy atom. The average molecular weight is 426 g/mol. The van der Waals surface area contributed by atoms with Gasteiger partial charge in [-0.05, 0) is 43.0 Å². The minimum Gasteiger partial charge on any atom is -0.349 e. The van der Waals surface area contributed by atoms with Crippen molar-refractivity contribution in [2.45, 2.75) is 38.8 Å². The summed E-state index contributed by atoms with van der Waals surface area (Å²) in [5.41, 5.74) is 2.77. The summed E-state index contributed by atoms with van der Waals surface area (Å²) in [4.78, 5) is 24.7. The number of aromatic nitrogens is 3. The fraction of sp³-hybridized carbons (Fsp3) is 0.364. The van der Waals surface area contributed by atoms with E-state index in [1.807, 2.05) is 66.2 Å². The van der Waals surface area contributed by atoms with Gasteiger partial charge in [0.2, 0.25) is 11.8 Å². The van der Waals surface area contributed by atoms with Gasteiger partial charge in [0, 0.05) is 13.1 Å². The molecule has 2 heterocycles. The minimum absolute atomic E-state index is 0.145. The van der Waals surface area contributed by atoms with Crippen LogP contribution in [0.15, 0.2) is 48.7 Å². The number of aryl methyl sites for hydroxylation is 1.